The second kappa shape index (κ2) is 7.11. The van der Waals surface area contributed by atoms with Crippen LogP contribution in [0.25, 0.3) is 11.3 Å². The Labute approximate surface area is 160 Å². The van der Waals surface area contributed by atoms with Gasteiger partial charge in [-0.15, -0.1) is 0 Å². The van der Waals surface area contributed by atoms with Crippen molar-refractivity contribution in [2.75, 3.05) is 0 Å². The average Bonchev–Trinajstić information content (AvgIpc) is 3.13. The number of ether oxygens (including phenoxy) is 1. The summed E-state index contributed by atoms with van der Waals surface area (Å²) in [6.07, 6.45) is 3.45. The first kappa shape index (κ1) is 17.7. The molecule has 4 rings (SSSR count). The number of rotatable bonds is 4. The zero-order chi connectivity index (χ0) is 19.7. The monoisotopic (exact) mass is 374 g/mol. The molecule has 0 fully saturated rings. The Morgan fingerprint density at radius 2 is 1.86 bits per heavy atom. The lowest BCUT2D eigenvalue weighted by Crippen LogP contribution is -2.17. The Kier molecular flexibility index (Phi) is 4.49. The molecule has 3 aromatic heterocycles. The molecule has 0 aliphatic heterocycles. The summed E-state index contributed by atoms with van der Waals surface area (Å²) in [7, 11) is 0. The van der Waals surface area contributed by atoms with Gasteiger partial charge >= 0.3 is 5.97 Å². The van der Waals surface area contributed by atoms with Crippen molar-refractivity contribution in [1.82, 2.24) is 19.2 Å². The first-order chi connectivity index (χ1) is 13.5. The minimum atomic E-state index is -0.477. The lowest BCUT2D eigenvalue weighted by molar-refractivity contribution is 0.0467. The number of hydrogen-bond donors (Lipinski definition) is 0. The van der Waals surface area contributed by atoms with E-state index in [0.717, 1.165) is 16.9 Å². The molecular weight excluding hydrogens is 356 g/mol. The standard InChI is InChI=1S/C21H18N4O3/c1-14-3-8-19-23-17(11-20(26)24(19)12-14)13-28-21(27)16-4-6-18(7-5-16)25-15(2)9-10-22-25/h3-12H,13H2,1-2H3. The van der Waals surface area contributed by atoms with Crippen molar-refractivity contribution in [3.05, 3.63) is 93.8 Å². The highest BCUT2D eigenvalue weighted by molar-refractivity contribution is 5.89. The van der Waals surface area contributed by atoms with E-state index < -0.39 is 5.97 Å². The molecule has 0 aliphatic rings. The van der Waals surface area contributed by atoms with Crippen LogP contribution in [0.5, 0.6) is 0 Å². The number of carbonyl (C=O) groups excluding carboxylic acids is 1. The summed E-state index contributed by atoms with van der Waals surface area (Å²) in [6, 6.07) is 13.9. The highest BCUT2D eigenvalue weighted by Gasteiger charge is 2.10. The van der Waals surface area contributed by atoms with E-state index in [1.54, 1.807) is 47.4 Å². The first-order valence-corrected chi connectivity index (χ1v) is 8.78. The van der Waals surface area contributed by atoms with Gasteiger partial charge in [0.1, 0.15) is 12.3 Å². The van der Waals surface area contributed by atoms with Crippen molar-refractivity contribution >= 4 is 11.6 Å². The van der Waals surface area contributed by atoms with Gasteiger partial charge in [0.2, 0.25) is 0 Å². The van der Waals surface area contributed by atoms with Crippen LogP contribution in [0.3, 0.4) is 0 Å². The fourth-order valence-electron chi connectivity index (χ4n) is 2.93. The third kappa shape index (κ3) is 3.42. The Bertz CT molecular complexity index is 1220. The van der Waals surface area contributed by atoms with Crippen LogP contribution < -0.4 is 5.56 Å². The minimum absolute atomic E-state index is 0.0710. The van der Waals surface area contributed by atoms with Gasteiger partial charge in [0, 0.05) is 24.2 Å². The number of nitrogens with zero attached hydrogens (tertiary/aromatic N) is 4. The highest BCUT2D eigenvalue weighted by atomic mass is 16.5. The number of esters is 1. The predicted molar refractivity (Wildman–Crippen MR) is 104 cm³/mol. The van der Waals surface area contributed by atoms with Gasteiger partial charge < -0.3 is 4.74 Å². The van der Waals surface area contributed by atoms with Crippen molar-refractivity contribution in [1.29, 1.82) is 0 Å². The van der Waals surface area contributed by atoms with Crippen LogP contribution in [-0.2, 0) is 11.3 Å². The lowest BCUT2D eigenvalue weighted by Gasteiger charge is -2.08. The van der Waals surface area contributed by atoms with Crippen molar-refractivity contribution in [2.24, 2.45) is 0 Å². The Morgan fingerprint density at radius 1 is 1.07 bits per heavy atom. The van der Waals surface area contributed by atoms with Gasteiger partial charge in [0.05, 0.1) is 16.9 Å². The van der Waals surface area contributed by atoms with Crippen LogP contribution in [0.2, 0.25) is 0 Å². The van der Waals surface area contributed by atoms with E-state index in [0.29, 0.717) is 16.9 Å². The third-order valence-electron chi connectivity index (χ3n) is 4.39. The molecule has 140 valence electrons. The topological polar surface area (TPSA) is 78.5 Å². The molecule has 3 heterocycles. The number of carbonyl (C=O) groups is 1. The molecular formula is C21H18N4O3. The molecule has 0 aliphatic carbocycles. The summed E-state index contributed by atoms with van der Waals surface area (Å²) >= 11 is 0. The van der Waals surface area contributed by atoms with Crippen LogP contribution in [-0.4, -0.2) is 25.1 Å². The normalized spacial score (nSPS) is 10.9. The van der Waals surface area contributed by atoms with Gasteiger partial charge in [-0.25, -0.2) is 14.5 Å². The van der Waals surface area contributed by atoms with E-state index in [1.807, 2.05) is 26.0 Å². The molecule has 0 amide bonds. The summed E-state index contributed by atoms with van der Waals surface area (Å²) in [4.78, 5) is 28.9. The summed E-state index contributed by atoms with van der Waals surface area (Å²) in [5.41, 5.74) is 3.96. The molecule has 0 unspecified atom stereocenters. The molecule has 4 aromatic rings. The Hall–Kier alpha value is -3.74. The van der Waals surface area contributed by atoms with E-state index in [9.17, 15) is 9.59 Å². The second-order valence-electron chi connectivity index (χ2n) is 6.53. The molecule has 0 spiro atoms. The van der Waals surface area contributed by atoms with Gasteiger partial charge in [0.15, 0.2) is 0 Å². The zero-order valence-electron chi connectivity index (χ0n) is 15.5. The lowest BCUT2D eigenvalue weighted by atomic mass is 10.2. The number of fused-ring (bicyclic) bond motifs is 1. The Morgan fingerprint density at radius 3 is 2.57 bits per heavy atom. The number of hydrogen-bond acceptors (Lipinski definition) is 5. The largest absolute Gasteiger partial charge is 0.456 e. The maximum atomic E-state index is 12.3. The average molecular weight is 374 g/mol. The molecule has 0 N–H and O–H groups in total. The Balaban J connectivity index is 1.48. The van der Waals surface area contributed by atoms with Crippen LogP contribution in [0.15, 0.2) is 65.7 Å². The molecule has 0 atom stereocenters. The molecule has 1 aromatic carbocycles. The van der Waals surface area contributed by atoms with Gasteiger partial charge in [0.25, 0.3) is 5.56 Å². The molecule has 0 saturated carbocycles. The molecule has 0 saturated heterocycles. The highest BCUT2D eigenvalue weighted by Crippen LogP contribution is 2.13. The molecule has 0 radical (unpaired) electrons. The van der Waals surface area contributed by atoms with Crippen LogP contribution in [0.4, 0.5) is 0 Å². The van der Waals surface area contributed by atoms with E-state index in [1.165, 1.54) is 10.5 Å². The van der Waals surface area contributed by atoms with Crippen molar-refractivity contribution in [3.8, 4) is 5.69 Å². The maximum absolute atomic E-state index is 12.3. The molecule has 0 bridgehead atoms. The predicted octanol–water partition coefficient (Wildman–Crippen LogP) is 2.85. The van der Waals surface area contributed by atoms with Gasteiger partial charge in [-0.1, -0.05) is 6.07 Å². The first-order valence-electron chi connectivity index (χ1n) is 8.78. The molecule has 28 heavy (non-hydrogen) atoms. The summed E-state index contributed by atoms with van der Waals surface area (Å²) in [5, 5.41) is 4.24. The maximum Gasteiger partial charge on any atom is 0.338 e. The van der Waals surface area contributed by atoms with E-state index >= 15 is 0 Å². The number of benzene rings is 1. The van der Waals surface area contributed by atoms with Crippen LogP contribution in [0, 0.1) is 13.8 Å². The second-order valence-corrected chi connectivity index (χ2v) is 6.53. The zero-order valence-corrected chi connectivity index (χ0v) is 15.5. The van der Waals surface area contributed by atoms with Crippen LogP contribution >= 0.6 is 0 Å². The van der Waals surface area contributed by atoms with E-state index in [4.69, 9.17) is 4.74 Å². The van der Waals surface area contributed by atoms with Crippen molar-refractivity contribution in [3.63, 3.8) is 0 Å². The number of aryl methyl sites for hydroxylation is 2. The van der Waals surface area contributed by atoms with Crippen LogP contribution in [0.1, 0.15) is 27.3 Å². The van der Waals surface area contributed by atoms with Gasteiger partial charge in [-0.05, 0) is 55.8 Å². The van der Waals surface area contributed by atoms with E-state index in [2.05, 4.69) is 10.1 Å². The smallest absolute Gasteiger partial charge is 0.338 e. The summed E-state index contributed by atoms with van der Waals surface area (Å²) < 4.78 is 8.57. The number of pyridine rings is 1. The number of aromatic nitrogens is 4. The molecule has 7 nitrogen and oxygen atoms in total. The summed E-state index contributed by atoms with van der Waals surface area (Å²) in [5.74, 6) is -0.477. The van der Waals surface area contributed by atoms with Crippen molar-refractivity contribution in [2.45, 2.75) is 20.5 Å². The minimum Gasteiger partial charge on any atom is -0.456 e. The third-order valence-corrected chi connectivity index (χ3v) is 4.39. The van der Waals surface area contributed by atoms with Gasteiger partial charge in [-0.3, -0.25) is 9.20 Å². The quantitative estimate of drug-likeness (QED) is 0.513. The van der Waals surface area contributed by atoms with Gasteiger partial charge in [-0.2, -0.15) is 5.10 Å². The SMILES string of the molecule is Cc1ccc2nc(COC(=O)c3ccc(-n4nccc4C)cc3)cc(=O)n2c1. The molecule has 7 heteroatoms. The summed E-state index contributed by atoms with van der Waals surface area (Å²) in [6.45, 7) is 3.79. The van der Waals surface area contributed by atoms with Crippen molar-refractivity contribution < 1.29 is 9.53 Å². The fourth-order valence-corrected chi connectivity index (χ4v) is 2.93. The van der Waals surface area contributed by atoms with E-state index in [-0.39, 0.29) is 12.2 Å². The fraction of sp³-hybridized carbons (Fsp3) is 0.143.